The van der Waals surface area contributed by atoms with Crippen LogP contribution < -0.4 is 10.6 Å². The number of hydrogen-bond donors (Lipinski definition) is 1. The van der Waals surface area contributed by atoms with Crippen LogP contribution in [0.2, 0.25) is 0 Å². The molecule has 2 N–H and O–H groups in total. The van der Waals surface area contributed by atoms with E-state index in [-0.39, 0.29) is 0 Å². The number of aromatic nitrogens is 1. The van der Waals surface area contributed by atoms with Crippen LogP contribution in [0.15, 0.2) is 18.3 Å². The topological polar surface area (TPSA) is 42.2 Å². The number of thioether (sulfide) groups is 1. The zero-order valence-corrected chi connectivity index (χ0v) is 11.1. The lowest BCUT2D eigenvalue weighted by molar-refractivity contribution is 0.745. The molecule has 90 valence electrons. The third-order valence-electron chi connectivity index (χ3n) is 2.68. The summed E-state index contributed by atoms with van der Waals surface area (Å²) >= 11 is 1.86. The summed E-state index contributed by atoms with van der Waals surface area (Å²) < 4.78 is 0. The van der Waals surface area contributed by atoms with Crippen molar-refractivity contribution in [3.63, 3.8) is 0 Å². The summed E-state index contributed by atoms with van der Waals surface area (Å²) in [4.78, 5) is 6.70. The standard InChI is InChI=1S/C12H21N3S/c1-10(9-16-3)15(2)12-11(6-7-13)5-4-8-14-12/h4-5,8,10H,6-7,9,13H2,1-3H3. The Kier molecular flexibility index (Phi) is 5.63. The maximum atomic E-state index is 5.61. The molecule has 1 unspecified atom stereocenters. The van der Waals surface area contributed by atoms with Gasteiger partial charge in [0.2, 0.25) is 0 Å². The molecule has 0 aliphatic heterocycles. The second-order valence-corrected chi connectivity index (χ2v) is 4.85. The molecule has 0 bridgehead atoms. The molecule has 4 heteroatoms. The SMILES string of the molecule is CSCC(C)N(C)c1ncccc1CCN. The first-order valence-electron chi connectivity index (χ1n) is 5.56. The van der Waals surface area contributed by atoms with Gasteiger partial charge in [-0.25, -0.2) is 4.98 Å². The Hall–Kier alpha value is -0.740. The zero-order valence-electron chi connectivity index (χ0n) is 10.3. The van der Waals surface area contributed by atoms with Crippen molar-refractivity contribution in [2.75, 3.05) is 30.5 Å². The van der Waals surface area contributed by atoms with Gasteiger partial charge in [0.1, 0.15) is 5.82 Å². The summed E-state index contributed by atoms with van der Waals surface area (Å²) in [6.07, 6.45) is 4.86. The van der Waals surface area contributed by atoms with Gasteiger partial charge in [-0.05, 0) is 37.8 Å². The Morgan fingerprint density at radius 3 is 2.94 bits per heavy atom. The predicted octanol–water partition coefficient (Wildman–Crippen LogP) is 1.77. The Morgan fingerprint density at radius 1 is 1.56 bits per heavy atom. The van der Waals surface area contributed by atoms with E-state index in [1.807, 2.05) is 24.0 Å². The van der Waals surface area contributed by atoms with Crippen molar-refractivity contribution in [3.8, 4) is 0 Å². The fourth-order valence-corrected chi connectivity index (χ4v) is 2.37. The summed E-state index contributed by atoms with van der Waals surface area (Å²) in [5, 5.41) is 0. The first-order chi connectivity index (χ1) is 7.70. The lowest BCUT2D eigenvalue weighted by Crippen LogP contribution is -2.32. The molecule has 0 aliphatic rings. The van der Waals surface area contributed by atoms with E-state index in [9.17, 15) is 0 Å². The summed E-state index contributed by atoms with van der Waals surface area (Å²) in [5.74, 6) is 2.17. The highest BCUT2D eigenvalue weighted by Crippen LogP contribution is 2.19. The average Bonchev–Trinajstić information content (AvgIpc) is 2.29. The number of nitrogens with two attached hydrogens (primary N) is 1. The molecule has 0 amide bonds. The van der Waals surface area contributed by atoms with E-state index in [4.69, 9.17) is 5.73 Å². The van der Waals surface area contributed by atoms with Gasteiger partial charge in [-0.3, -0.25) is 0 Å². The highest BCUT2D eigenvalue weighted by Gasteiger charge is 2.13. The van der Waals surface area contributed by atoms with Crippen LogP contribution in [-0.4, -0.2) is 36.6 Å². The average molecular weight is 239 g/mol. The van der Waals surface area contributed by atoms with Gasteiger partial charge in [0.25, 0.3) is 0 Å². The molecule has 1 heterocycles. The molecule has 0 saturated carbocycles. The van der Waals surface area contributed by atoms with Gasteiger partial charge < -0.3 is 10.6 Å². The van der Waals surface area contributed by atoms with Gasteiger partial charge in [-0.2, -0.15) is 11.8 Å². The molecule has 0 aromatic carbocycles. The van der Waals surface area contributed by atoms with Gasteiger partial charge in [0.15, 0.2) is 0 Å². The largest absolute Gasteiger partial charge is 0.356 e. The molecule has 0 aliphatic carbocycles. The fraction of sp³-hybridized carbons (Fsp3) is 0.583. The summed E-state index contributed by atoms with van der Waals surface area (Å²) in [6.45, 7) is 2.89. The smallest absolute Gasteiger partial charge is 0.131 e. The molecule has 0 saturated heterocycles. The monoisotopic (exact) mass is 239 g/mol. The van der Waals surface area contributed by atoms with Gasteiger partial charge in [-0.15, -0.1) is 0 Å². The van der Waals surface area contributed by atoms with E-state index in [1.165, 1.54) is 5.56 Å². The van der Waals surface area contributed by atoms with Crippen LogP contribution in [0.1, 0.15) is 12.5 Å². The van der Waals surface area contributed by atoms with Gasteiger partial charge in [0, 0.05) is 25.0 Å². The number of hydrogen-bond acceptors (Lipinski definition) is 4. The van der Waals surface area contributed by atoms with Crippen LogP contribution in [0, 0.1) is 0 Å². The summed E-state index contributed by atoms with van der Waals surface area (Å²) in [5.41, 5.74) is 6.85. The molecule has 1 rings (SSSR count). The number of rotatable bonds is 6. The minimum absolute atomic E-state index is 0.487. The molecule has 0 radical (unpaired) electrons. The van der Waals surface area contributed by atoms with Crippen LogP contribution in [0.5, 0.6) is 0 Å². The van der Waals surface area contributed by atoms with Crippen molar-refractivity contribution in [1.29, 1.82) is 0 Å². The Balaban J connectivity index is 2.84. The molecule has 1 aromatic rings. The van der Waals surface area contributed by atoms with Crippen molar-refractivity contribution in [1.82, 2.24) is 4.98 Å². The molecule has 1 aromatic heterocycles. The maximum Gasteiger partial charge on any atom is 0.131 e. The first kappa shape index (κ1) is 13.3. The minimum atomic E-state index is 0.487. The quantitative estimate of drug-likeness (QED) is 0.821. The van der Waals surface area contributed by atoms with Gasteiger partial charge in [-0.1, -0.05) is 6.07 Å². The highest BCUT2D eigenvalue weighted by molar-refractivity contribution is 7.98. The van der Waals surface area contributed by atoms with Gasteiger partial charge >= 0.3 is 0 Å². The lowest BCUT2D eigenvalue weighted by Gasteiger charge is -2.27. The summed E-state index contributed by atoms with van der Waals surface area (Å²) in [6, 6.07) is 4.57. The Labute approximate surface area is 102 Å². The Morgan fingerprint density at radius 2 is 2.31 bits per heavy atom. The van der Waals surface area contributed by atoms with Crippen molar-refractivity contribution in [2.45, 2.75) is 19.4 Å². The third-order valence-corrected chi connectivity index (χ3v) is 3.50. The van der Waals surface area contributed by atoms with E-state index in [2.05, 4.69) is 36.2 Å². The number of anilines is 1. The molecule has 0 fully saturated rings. The van der Waals surface area contributed by atoms with E-state index in [0.717, 1.165) is 18.0 Å². The second-order valence-electron chi connectivity index (χ2n) is 3.94. The van der Waals surface area contributed by atoms with E-state index >= 15 is 0 Å². The predicted molar refractivity (Wildman–Crippen MR) is 73.2 cm³/mol. The number of nitrogens with zero attached hydrogens (tertiary/aromatic N) is 2. The van der Waals surface area contributed by atoms with Crippen LogP contribution in [-0.2, 0) is 6.42 Å². The van der Waals surface area contributed by atoms with Crippen LogP contribution in [0.25, 0.3) is 0 Å². The lowest BCUT2D eigenvalue weighted by atomic mass is 10.1. The van der Waals surface area contributed by atoms with Gasteiger partial charge in [0.05, 0.1) is 0 Å². The minimum Gasteiger partial charge on any atom is -0.356 e. The highest BCUT2D eigenvalue weighted by atomic mass is 32.2. The molecular formula is C12H21N3S. The van der Waals surface area contributed by atoms with E-state index in [0.29, 0.717) is 12.6 Å². The van der Waals surface area contributed by atoms with Crippen LogP contribution >= 0.6 is 11.8 Å². The first-order valence-corrected chi connectivity index (χ1v) is 6.95. The van der Waals surface area contributed by atoms with Crippen LogP contribution in [0.3, 0.4) is 0 Å². The molecule has 3 nitrogen and oxygen atoms in total. The molecular weight excluding hydrogens is 218 g/mol. The van der Waals surface area contributed by atoms with E-state index < -0.39 is 0 Å². The third kappa shape index (κ3) is 3.39. The zero-order chi connectivity index (χ0) is 12.0. The normalized spacial score (nSPS) is 12.5. The van der Waals surface area contributed by atoms with Crippen molar-refractivity contribution >= 4 is 17.6 Å². The molecule has 16 heavy (non-hydrogen) atoms. The van der Waals surface area contributed by atoms with Crippen LogP contribution in [0.4, 0.5) is 5.82 Å². The Bertz CT molecular complexity index is 317. The van der Waals surface area contributed by atoms with Crippen molar-refractivity contribution < 1.29 is 0 Å². The van der Waals surface area contributed by atoms with Crippen molar-refractivity contribution in [3.05, 3.63) is 23.9 Å². The van der Waals surface area contributed by atoms with Crippen molar-refractivity contribution in [2.24, 2.45) is 5.73 Å². The second kappa shape index (κ2) is 6.76. The van der Waals surface area contributed by atoms with E-state index in [1.54, 1.807) is 0 Å². The maximum absolute atomic E-state index is 5.61. The molecule has 1 atom stereocenters. The molecule has 0 spiro atoms. The summed E-state index contributed by atoms with van der Waals surface area (Å²) in [7, 11) is 2.10. The number of pyridine rings is 1. The fourth-order valence-electron chi connectivity index (χ4n) is 1.66.